The number of fused-ring (bicyclic) bond motifs is 1. The quantitative estimate of drug-likeness (QED) is 0.726. The van der Waals surface area contributed by atoms with Gasteiger partial charge in [0.05, 0.1) is 0 Å². The smallest absolute Gasteiger partial charge is 0.231 e. The molecule has 3 aromatic rings. The molecule has 4 nitrogen and oxygen atoms in total. The molecular weight excluding hydrogens is 304 g/mol. The Kier molecular flexibility index (Phi) is 2.54. The molecule has 1 N–H and O–H groups in total. The second-order valence-corrected chi connectivity index (χ2v) is 5.86. The zero-order valence-corrected chi connectivity index (χ0v) is 12.6. The van der Waals surface area contributed by atoms with Crippen LogP contribution in [0.4, 0.5) is 0 Å². The number of ether oxygens (including phenoxy) is 2. The van der Waals surface area contributed by atoms with Crippen LogP contribution in [0.5, 0.6) is 11.5 Å². The molecular formula is C20H12O4. The molecule has 0 saturated heterocycles. The fourth-order valence-corrected chi connectivity index (χ4v) is 3.41. The molecule has 116 valence electrons. The largest absolute Gasteiger partial charge is 0.504 e. The predicted octanol–water partition coefficient (Wildman–Crippen LogP) is 4.33. The number of Topliss-reactive ketones (excluding diaryl/α,β-unsaturated/α-hetero) is 1. The second kappa shape index (κ2) is 4.61. The summed E-state index contributed by atoms with van der Waals surface area (Å²) in [4.78, 5) is 12.2. The van der Waals surface area contributed by atoms with E-state index < -0.39 is 0 Å². The van der Waals surface area contributed by atoms with Crippen LogP contribution in [0.1, 0.15) is 15.9 Å². The number of aliphatic hydroxyl groups is 1. The Labute approximate surface area is 137 Å². The van der Waals surface area contributed by atoms with Crippen LogP contribution in [0, 0.1) is 0 Å². The summed E-state index contributed by atoms with van der Waals surface area (Å²) in [6.07, 6.45) is 1.53. The standard InChI is InChI=1S/C20H12O4/c21-16-8-12-2-1-3-14-13(5-6-15(19(12)14)20(16)22)11-4-7-17-18(9-11)24-10-23-17/h1-9,21H,10H2. The van der Waals surface area contributed by atoms with E-state index in [1.807, 2.05) is 42.5 Å². The van der Waals surface area contributed by atoms with Crippen molar-refractivity contribution in [2.45, 2.75) is 0 Å². The van der Waals surface area contributed by atoms with Gasteiger partial charge < -0.3 is 14.6 Å². The summed E-state index contributed by atoms with van der Waals surface area (Å²) in [5.74, 6) is 0.910. The molecule has 0 saturated carbocycles. The van der Waals surface area contributed by atoms with Crippen LogP contribution in [0.3, 0.4) is 0 Å². The molecule has 0 fully saturated rings. The molecule has 0 aromatic heterocycles. The van der Waals surface area contributed by atoms with Gasteiger partial charge in [-0.05, 0) is 46.4 Å². The zero-order chi connectivity index (χ0) is 16.3. The van der Waals surface area contributed by atoms with E-state index in [2.05, 4.69) is 0 Å². The molecule has 0 atom stereocenters. The Balaban J connectivity index is 1.81. The molecule has 0 spiro atoms. The minimum atomic E-state index is -0.337. The molecule has 5 rings (SSSR count). The van der Waals surface area contributed by atoms with Crippen molar-refractivity contribution in [3.63, 3.8) is 0 Å². The van der Waals surface area contributed by atoms with Gasteiger partial charge in [0.15, 0.2) is 17.3 Å². The molecule has 0 radical (unpaired) electrons. The SMILES string of the molecule is O=C1C(O)=Cc2cccc3c(-c4ccc5c(c4)OCO5)ccc1c23. The summed E-state index contributed by atoms with van der Waals surface area (Å²) in [6, 6.07) is 15.3. The van der Waals surface area contributed by atoms with E-state index in [1.54, 1.807) is 6.07 Å². The number of benzene rings is 3. The van der Waals surface area contributed by atoms with Crippen LogP contribution in [0.2, 0.25) is 0 Å². The van der Waals surface area contributed by atoms with Gasteiger partial charge in [-0.15, -0.1) is 0 Å². The van der Waals surface area contributed by atoms with Crippen LogP contribution >= 0.6 is 0 Å². The van der Waals surface area contributed by atoms with E-state index >= 15 is 0 Å². The highest BCUT2D eigenvalue weighted by Gasteiger charge is 2.23. The second-order valence-electron chi connectivity index (χ2n) is 5.86. The lowest BCUT2D eigenvalue weighted by Gasteiger charge is -2.16. The Morgan fingerprint density at radius 3 is 2.67 bits per heavy atom. The maximum absolute atomic E-state index is 12.2. The molecule has 24 heavy (non-hydrogen) atoms. The lowest BCUT2D eigenvalue weighted by atomic mass is 9.87. The number of ketones is 1. The third-order valence-corrected chi connectivity index (χ3v) is 4.53. The Morgan fingerprint density at radius 1 is 0.917 bits per heavy atom. The first-order valence-electron chi connectivity index (χ1n) is 7.63. The first kappa shape index (κ1) is 13.2. The molecule has 1 aliphatic carbocycles. The highest BCUT2D eigenvalue weighted by Crippen LogP contribution is 2.40. The van der Waals surface area contributed by atoms with Crippen molar-refractivity contribution in [1.29, 1.82) is 0 Å². The fourth-order valence-electron chi connectivity index (χ4n) is 3.41. The van der Waals surface area contributed by atoms with Gasteiger partial charge in [-0.1, -0.05) is 30.3 Å². The molecule has 3 aromatic carbocycles. The maximum atomic E-state index is 12.2. The monoisotopic (exact) mass is 316 g/mol. The summed E-state index contributed by atoms with van der Waals surface area (Å²) in [6.45, 7) is 0.237. The number of hydrogen-bond donors (Lipinski definition) is 1. The third-order valence-electron chi connectivity index (χ3n) is 4.53. The fraction of sp³-hybridized carbons (Fsp3) is 0.0500. The number of rotatable bonds is 1. The van der Waals surface area contributed by atoms with Gasteiger partial charge in [-0.25, -0.2) is 0 Å². The van der Waals surface area contributed by atoms with Gasteiger partial charge in [0.2, 0.25) is 12.6 Å². The molecule has 1 aliphatic heterocycles. The number of hydrogen-bond acceptors (Lipinski definition) is 4. The van der Waals surface area contributed by atoms with E-state index in [-0.39, 0.29) is 18.3 Å². The molecule has 2 aliphatic rings. The zero-order valence-electron chi connectivity index (χ0n) is 12.6. The lowest BCUT2D eigenvalue weighted by molar-refractivity contribution is 0.0981. The van der Waals surface area contributed by atoms with Crippen LogP contribution in [0.25, 0.3) is 28.0 Å². The van der Waals surface area contributed by atoms with Crippen LogP contribution in [0.15, 0.2) is 54.3 Å². The van der Waals surface area contributed by atoms with Gasteiger partial charge in [0.25, 0.3) is 0 Å². The maximum Gasteiger partial charge on any atom is 0.231 e. The summed E-state index contributed by atoms with van der Waals surface area (Å²) < 4.78 is 10.8. The van der Waals surface area contributed by atoms with Crippen LogP contribution < -0.4 is 9.47 Å². The van der Waals surface area contributed by atoms with Gasteiger partial charge in [0, 0.05) is 10.9 Å². The highest BCUT2D eigenvalue weighted by atomic mass is 16.7. The Morgan fingerprint density at radius 2 is 1.75 bits per heavy atom. The molecule has 4 heteroatoms. The van der Waals surface area contributed by atoms with Crippen molar-refractivity contribution in [3.05, 3.63) is 65.4 Å². The normalized spacial score (nSPS) is 14.8. The van der Waals surface area contributed by atoms with E-state index in [1.165, 1.54) is 6.08 Å². The summed E-state index contributed by atoms with van der Waals surface area (Å²) in [7, 11) is 0. The van der Waals surface area contributed by atoms with E-state index in [0.29, 0.717) is 5.56 Å². The van der Waals surface area contributed by atoms with Crippen molar-refractivity contribution in [2.24, 2.45) is 0 Å². The number of allylic oxidation sites excluding steroid dienone is 1. The first-order valence-corrected chi connectivity index (χ1v) is 7.63. The average molecular weight is 316 g/mol. The van der Waals surface area contributed by atoms with Crippen LogP contribution in [-0.2, 0) is 0 Å². The van der Waals surface area contributed by atoms with Gasteiger partial charge in [0.1, 0.15) is 0 Å². The number of carbonyl (C=O) groups excluding carboxylic acids is 1. The predicted molar refractivity (Wildman–Crippen MR) is 90.4 cm³/mol. The number of aliphatic hydroxyl groups excluding tert-OH is 1. The molecule has 0 unspecified atom stereocenters. The Bertz CT molecular complexity index is 1060. The number of carbonyl (C=O) groups is 1. The van der Waals surface area contributed by atoms with Crippen molar-refractivity contribution in [1.82, 2.24) is 0 Å². The Hall–Kier alpha value is -3.27. The minimum absolute atomic E-state index is 0.217. The summed E-state index contributed by atoms with van der Waals surface area (Å²) >= 11 is 0. The van der Waals surface area contributed by atoms with Crippen molar-refractivity contribution >= 4 is 22.6 Å². The van der Waals surface area contributed by atoms with E-state index in [4.69, 9.17) is 9.47 Å². The summed E-state index contributed by atoms with van der Waals surface area (Å²) in [5, 5.41) is 11.7. The summed E-state index contributed by atoms with van der Waals surface area (Å²) in [5.41, 5.74) is 3.39. The lowest BCUT2D eigenvalue weighted by Crippen LogP contribution is -2.08. The van der Waals surface area contributed by atoms with Crippen molar-refractivity contribution in [3.8, 4) is 22.6 Å². The van der Waals surface area contributed by atoms with Gasteiger partial charge in [-0.3, -0.25) is 4.79 Å². The van der Waals surface area contributed by atoms with E-state index in [0.717, 1.165) is 39.0 Å². The topological polar surface area (TPSA) is 55.8 Å². The highest BCUT2D eigenvalue weighted by molar-refractivity contribution is 6.23. The van der Waals surface area contributed by atoms with Crippen LogP contribution in [-0.4, -0.2) is 17.7 Å². The van der Waals surface area contributed by atoms with Crippen molar-refractivity contribution in [2.75, 3.05) is 6.79 Å². The molecule has 0 amide bonds. The van der Waals surface area contributed by atoms with E-state index in [9.17, 15) is 9.90 Å². The average Bonchev–Trinajstić information content (AvgIpc) is 3.07. The first-order chi connectivity index (χ1) is 11.7. The molecule has 1 heterocycles. The minimum Gasteiger partial charge on any atom is -0.504 e. The molecule has 0 bridgehead atoms. The third kappa shape index (κ3) is 1.71. The van der Waals surface area contributed by atoms with Crippen molar-refractivity contribution < 1.29 is 19.4 Å². The van der Waals surface area contributed by atoms with Gasteiger partial charge >= 0.3 is 0 Å². The van der Waals surface area contributed by atoms with Gasteiger partial charge in [-0.2, -0.15) is 0 Å².